The lowest BCUT2D eigenvalue weighted by Gasteiger charge is -2.24. The molecule has 0 spiro atoms. The average molecular weight is 233 g/mol. The van der Waals surface area contributed by atoms with Crippen LogP contribution in [0.25, 0.3) is 0 Å². The van der Waals surface area contributed by atoms with Crippen LogP contribution in [0.3, 0.4) is 0 Å². The first-order chi connectivity index (χ1) is 7.80. The molecule has 1 aliphatic carbocycles. The molecule has 0 bridgehead atoms. The van der Waals surface area contributed by atoms with Gasteiger partial charge in [-0.1, -0.05) is 38.5 Å². The van der Waals surface area contributed by atoms with Gasteiger partial charge in [-0.15, -0.1) is 0 Å². The van der Waals surface area contributed by atoms with E-state index in [-0.39, 0.29) is 11.5 Å². The lowest BCUT2D eigenvalue weighted by Crippen LogP contribution is -2.17. The van der Waals surface area contributed by atoms with E-state index in [1.165, 1.54) is 18.4 Å². The van der Waals surface area contributed by atoms with Gasteiger partial charge in [0, 0.05) is 11.6 Å². The summed E-state index contributed by atoms with van der Waals surface area (Å²) in [6.45, 7) is 8.42. The van der Waals surface area contributed by atoms with E-state index < -0.39 is 0 Å². The Balaban J connectivity index is 2.48. The van der Waals surface area contributed by atoms with Crippen LogP contribution in [0.2, 0.25) is 0 Å². The topological polar surface area (TPSA) is 46.2 Å². The number of phenols is 1. The third kappa shape index (κ3) is 2.47. The molecule has 1 unspecified atom stereocenters. The Labute approximate surface area is 104 Å². The van der Waals surface area contributed by atoms with Crippen molar-refractivity contribution in [3.8, 4) is 5.75 Å². The zero-order valence-electron chi connectivity index (χ0n) is 11.2. The van der Waals surface area contributed by atoms with E-state index in [0.29, 0.717) is 11.7 Å². The van der Waals surface area contributed by atoms with Crippen molar-refractivity contribution < 1.29 is 5.11 Å². The fraction of sp³-hybridized carbons (Fsp3) is 0.600. The molecule has 1 fully saturated rings. The lowest BCUT2D eigenvalue weighted by molar-refractivity contribution is 0.430. The molecule has 0 amide bonds. The normalized spacial score (nSPS) is 18.2. The van der Waals surface area contributed by atoms with E-state index in [1.807, 2.05) is 6.07 Å². The highest BCUT2D eigenvalue weighted by molar-refractivity contribution is 5.48. The highest BCUT2D eigenvalue weighted by Gasteiger charge is 2.32. The summed E-state index contributed by atoms with van der Waals surface area (Å²) in [5, 5.41) is 10.4. The van der Waals surface area contributed by atoms with Gasteiger partial charge in [-0.2, -0.15) is 0 Å². The highest BCUT2D eigenvalue weighted by atomic mass is 16.3. The predicted octanol–water partition coefficient (Wildman–Crippen LogP) is 3.41. The number of aryl methyl sites for hydroxylation is 1. The third-order valence-electron chi connectivity index (χ3n) is 3.58. The smallest absolute Gasteiger partial charge is 0.124 e. The molecule has 1 atom stereocenters. The Morgan fingerprint density at radius 2 is 1.88 bits per heavy atom. The summed E-state index contributed by atoms with van der Waals surface area (Å²) in [5.41, 5.74) is 9.29. The minimum absolute atomic E-state index is 0.00370. The molecule has 0 radical (unpaired) electrons. The van der Waals surface area contributed by atoms with Crippen LogP contribution in [0.5, 0.6) is 5.75 Å². The van der Waals surface area contributed by atoms with Gasteiger partial charge in [-0.25, -0.2) is 0 Å². The molecule has 1 saturated carbocycles. The van der Waals surface area contributed by atoms with Gasteiger partial charge in [0.1, 0.15) is 5.75 Å². The van der Waals surface area contributed by atoms with Gasteiger partial charge in [0.25, 0.3) is 0 Å². The first kappa shape index (κ1) is 12.4. The number of nitrogens with two attached hydrogens (primary N) is 1. The molecule has 3 N–H and O–H groups in total. The molecule has 0 saturated heterocycles. The molecule has 2 nitrogen and oxygen atoms in total. The summed E-state index contributed by atoms with van der Waals surface area (Å²) in [7, 11) is 0. The van der Waals surface area contributed by atoms with Gasteiger partial charge >= 0.3 is 0 Å². The van der Waals surface area contributed by atoms with Crippen molar-refractivity contribution in [1.29, 1.82) is 0 Å². The molecule has 0 heterocycles. The van der Waals surface area contributed by atoms with E-state index >= 15 is 0 Å². The van der Waals surface area contributed by atoms with E-state index in [1.54, 1.807) is 0 Å². The Bertz CT molecular complexity index is 427. The lowest BCUT2D eigenvalue weighted by atomic mass is 9.83. The highest BCUT2D eigenvalue weighted by Crippen LogP contribution is 2.44. The van der Waals surface area contributed by atoms with Crippen LogP contribution in [0.15, 0.2) is 12.1 Å². The maximum Gasteiger partial charge on any atom is 0.124 e. The molecule has 2 rings (SSSR count). The summed E-state index contributed by atoms with van der Waals surface area (Å²) in [6.07, 6.45) is 2.39. The van der Waals surface area contributed by atoms with Crippen LogP contribution in [0.1, 0.15) is 56.3 Å². The summed E-state index contributed by atoms with van der Waals surface area (Å²) in [5.74, 6) is 0.970. The monoisotopic (exact) mass is 233 g/mol. The SMILES string of the molecule is Cc1cc(C(N)C2CC2)c(O)c(C(C)(C)C)c1. The fourth-order valence-corrected chi connectivity index (χ4v) is 2.34. The van der Waals surface area contributed by atoms with Gasteiger partial charge in [0.15, 0.2) is 0 Å². The van der Waals surface area contributed by atoms with E-state index in [0.717, 1.165) is 11.1 Å². The van der Waals surface area contributed by atoms with Gasteiger partial charge < -0.3 is 10.8 Å². The predicted molar refractivity (Wildman–Crippen MR) is 71.2 cm³/mol. The van der Waals surface area contributed by atoms with Crippen molar-refractivity contribution in [3.63, 3.8) is 0 Å². The Morgan fingerprint density at radius 3 is 2.35 bits per heavy atom. The molecule has 1 aliphatic rings. The summed E-state index contributed by atoms with van der Waals surface area (Å²) in [6, 6.07) is 4.10. The van der Waals surface area contributed by atoms with Crippen molar-refractivity contribution in [2.45, 2.75) is 52.0 Å². The standard InChI is InChI=1S/C15H23NO/c1-9-7-11(13(16)10-5-6-10)14(17)12(8-9)15(2,3)4/h7-8,10,13,17H,5-6,16H2,1-4H3. The van der Waals surface area contributed by atoms with Gasteiger partial charge in [-0.05, 0) is 36.7 Å². The number of phenolic OH excluding ortho intramolecular Hbond substituents is 1. The maximum atomic E-state index is 10.4. The quantitative estimate of drug-likeness (QED) is 0.822. The molecule has 2 heteroatoms. The first-order valence-corrected chi connectivity index (χ1v) is 6.40. The largest absolute Gasteiger partial charge is 0.507 e. The van der Waals surface area contributed by atoms with Gasteiger partial charge in [0.05, 0.1) is 0 Å². The number of aromatic hydroxyl groups is 1. The van der Waals surface area contributed by atoms with Crippen LogP contribution in [0, 0.1) is 12.8 Å². The number of benzene rings is 1. The van der Waals surface area contributed by atoms with Crippen LogP contribution in [-0.2, 0) is 5.41 Å². The number of rotatable bonds is 2. The van der Waals surface area contributed by atoms with Crippen LogP contribution in [-0.4, -0.2) is 5.11 Å². The minimum Gasteiger partial charge on any atom is -0.507 e. The second kappa shape index (κ2) is 4.02. The van der Waals surface area contributed by atoms with E-state index in [2.05, 4.69) is 33.8 Å². The second-order valence-electron chi connectivity index (χ2n) is 6.36. The van der Waals surface area contributed by atoms with Crippen LogP contribution < -0.4 is 5.73 Å². The van der Waals surface area contributed by atoms with Crippen molar-refractivity contribution in [1.82, 2.24) is 0 Å². The number of hydrogen-bond donors (Lipinski definition) is 2. The molecule has 94 valence electrons. The first-order valence-electron chi connectivity index (χ1n) is 6.40. The summed E-state index contributed by atoms with van der Waals surface area (Å²) < 4.78 is 0. The van der Waals surface area contributed by atoms with E-state index in [9.17, 15) is 5.11 Å². The zero-order chi connectivity index (χ0) is 12.8. The average Bonchev–Trinajstić information content (AvgIpc) is 3.01. The van der Waals surface area contributed by atoms with Crippen molar-refractivity contribution in [2.75, 3.05) is 0 Å². The van der Waals surface area contributed by atoms with Crippen LogP contribution >= 0.6 is 0 Å². The Morgan fingerprint density at radius 1 is 1.29 bits per heavy atom. The summed E-state index contributed by atoms with van der Waals surface area (Å²) >= 11 is 0. The Kier molecular flexibility index (Phi) is 2.94. The molecular weight excluding hydrogens is 210 g/mol. The molecular formula is C15H23NO. The zero-order valence-corrected chi connectivity index (χ0v) is 11.2. The van der Waals surface area contributed by atoms with Crippen molar-refractivity contribution in [3.05, 3.63) is 28.8 Å². The molecule has 0 aromatic heterocycles. The second-order valence-corrected chi connectivity index (χ2v) is 6.36. The van der Waals surface area contributed by atoms with E-state index in [4.69, 9.17) is 5.73 Å². The third-order valence-corrected chi connectivity index (χ3v) is 3.58. The molecule has 17 heavy (non-hydrogen) atoms. The Hall–Kier alpha value is -1.02. The molecule has 0 aliphatic heterocycles. The minimum atomic E-state index is -0.0475. The molecule has 1 aromatic rings. The van der Waals surface area contributed by atoms with Gasteiger partial charge in [-0.3, -0.25) is 0 Å². The number of hydrogen-bond acceptors (Lipinski definition) is 2. The fourth-order valence-electron chi connectivity index (χ4n) is 2.34. The van der Waals surface area contributed by atoms with Gasteiger partial charge in [0.2, 0.25) is 0 Å². The molecule has 1 aromatic carbocycles. The van der Waals surface area contributed by atoms with Crippen molar-refractivity contribution >= 4 is 0 Å². The van der Waals surface area contributed by atoms with Crippen LogP contribution in [0.4, 0.5) is 0 Å². The maximum absolute atomic E-state index is 10.4. The van der Waals surface area contributed by atoms with Crippen molar-refractivity contribution in [2.24, 2.45) is 11.7 Å². The summed E-state index contributed by atoms with van der Waals surface area (Å²) in [4.78, 5) is 0.